The van der Waals surface area contributed by atoms with Gasteiger partial charge < -0.3 is 15.4 Å². The van der Waals surface area contributed by atoms with Crippen molar-refractivity contribution in [3.05, 3.63) is 65.9 Å². The first-order valence-corrected chi connectivity index (χ1v) is 8.63. The first-order valence-electron chi connectivity index (χ1n) is 8.63. The fourth-order valence-electron chi connectivity index (χ4n) is 2.45. The van der Waals surface area contributed by atoms with Gasteiger partial charge in [0.2, 0.25) is 5.95 Å². The fourth-order valence-corrected chi connectivity index (χ4v) is 2.45. The van der Waals surface area contributed by atoms with Crippen LogP contribution in [0.25, 0.3) is 0 Å². The van der Waals surface area contributed by atoms with Crippen LogP contribution in [0, 0.1) is 6.92 Å². The highest BCUT2D eigenvalue weighted by Crippen LogP contribution is 2.35. The van der Waals surface area contributed by atoms with Gasteiger partial charge in [0.05, 0.1) is 6.61 Å². The zero-order valence-corrected chi connectivity index (χ0v) is 15.3. The molecule has 0 saturated heterocycles. The van der Waals surface area contributed by atoms with Gasteiger partial charge in [0.1, 0.15) is 17.1 Å². The molecule has 2 N–H and O–H groups in total. The Morgan fingerprint density at radius 2 is 1.54 bits per heavy atom. The topological polar surface area (TPSA) is 59.1 Å². The third-order valence-corrected chi connectivity index (χ3v) is 3.83. The number of hydrogen-bond donors (Lipinski definition) is 2. The minimum atomic E-state index is -4.58. The van der Waals surface area contributed by atoms with Crippen molar-refractivity contribution in [2.45, 2.75) is 20.0 Å². The number of aromatic nitrogens is 2. The van der Waals surface area contributed by atoms with Gasteiger partial charge in [-0.2, -0.15) is 18.2 Å². The lowest BCUT2D eigenvalue weighted by atomic mass is 10.2. The van der Waals surface area contributed by atoms with Gasteiger partial charge in [0, 0.05) is 17.6 Å². The number of nitrogens with zero attached hydrogens (tertiary/aromatic N) is 2. The number of halogens is 3. The van der Waals surface area contributed by atoms with E-state index in [-0.39, 0.29) is 11.8 Å². The van der Waals surface area contributed by atoms with Crippen molar-refractivity contribution in [1.29, 1.82) is 0 Å². The van der Waals surface area contributed by atoms with E-state index in [2.05, 4.69) is 20.6 Å². The number of aryl methyl sites for hydroxylation is 1. The van der Waals surface area contributed by atoms with Crippen LogP contribution in [0.15, 0.2) is 54.7 Å². The maximum atomic E-state index is 13.3. The normalized spacial score (nSPS) is 11.2. The maximum Gasteiger partial charge on any atom is 0.421 e. The predicted molar refractivity (Wildman–Crippen MR) is 102 cm³/mol. The van der Waals surface area contributed by atoms with Gasteiger partial charge >= 0.3 is 6.18 Å². The van der Waals surface area contributed by atoms with Crippen LogP contribution in [0.1, 0.15) is 18.1 Å². The lowest BCUT2D eigenvalue weighted by molar-refractivity contribution is -0.137. The fraction of sp³-hybridized carbons (Fsp3) is 0.200. The van der Waals surface area contributed by atoms with Gasteiger partial charge in [-0.05, 0) is 50.2 Å². The van der Waals surface area contributed by atoms with Crippen molar-refractivity contribution in [1.82, 2.24) is 9.97 Å². The largest absolute Gasteiger partial charge is 0.494 e. The van der Waals surface area contributed by atoms with Crippen LogP contribution in [0.2, 0.25) is 0 Å². The summed E-state index contributed by atoms with van der Waals surface area (Å²) < 4.78 is 45.4. The molecule has 0 aliphatic heterocycles. The molecule has 0 fully saturated rings. The molecule has 0 saturated carbocycles. The summed E-state index contributed by atoms with van der Waals surface area (Å²) in [5.41, 5.74) is 1.19. The van der Waals surface area contributed by atoms with Crippen LogP contribution in [-0.2, 0) is 6.18 Å². The summed E-state index contributed by atoms with van der Waals surface area (Å²) in [6, 6.07) is 14.0. The highest BCUT2D eigenvalue weighted by atomic mass is 19.4. The van der Waals surface area contributed by atoms with E-state index in [1.165, 1.54) is 0 Å². The Morgan fingerprint density at radius 1 is 0.929 bits per heavy atom. The van der Waals surface area contributed by atoms with Crippen molar-refractivity contribution in [3.8, 4) is 5.75 Å². The van der Waals surface area contributed by atoms with Gasteiger partial charge in [-0.25, -0.2) is 4.98 Å². The predicted octanol–water partition coefficient (Wildman–Crippen LogP) is 5.69. The third-order valence-electron chi connectivity index (χ3n) is 3.83. The Morgan fingerprint density at radius 3 is 2.14 bits per heavy atom. The molecular weight excluding hydrogens is 369 g/mol. The molecule has 0 radical (unpaired) electrons. The molecule has 0 aliphatic carbocycles. The smallest absolute Gasteiger partial charge is 0.421 e. The van der Waals surface area contributed by atoms with Crippen LogP contribution >= 0.6 is 0 Å². The second-order valence-corrected chi connectivity index (χ2v) is 6.03. The summed E-state index contributed by atoms with van der Waals surface area (Å²) in [5.74, 6) is 0.426. The summed E-state index contributed by atoms with van der Waals surface area (Å²) in [6.45, 7) is 4.32. The van der Waals surface area contributed by atoms with Crippen molar-refractivity contribution in [2.24, 2.45) is 0 Å². The first kappa shape index (κ1) is 19.5. The van der Waals surface area contributed by atoms with E-state index in [1.54, 1.807) is 48.5 Å². The molecule has 0 unspecified atom stereocenters. The SMILES string of the molecule is CCOc1ccc(Nc2ncc(C(F)(F)F)c(Nc3ccc(C)cc3)n2)cc1. The molecule has 1 aromatic heterocycles. The second kappa shape index (κ2) is 8.16. The molecule has 0 spiro atoms. The highest BCUT2D eigenvalue weighted by molar-refractivity contribution is 5.63. The molecule has 1 heterocycles. The summed E-state index contributed by atoms with van der Waals surface area (Å²) in [6.07, 6.45) is -3.81. The van der Waals surface area contributed by atoms with Gasteiger partial charge in [-0.1, -0.05) is 17.7 Å². The van der Waals surface area contributed by atoms with E-state index < -0.39 is 11.7 Å². The second-order valence-electron chi connectivity index (χ2n) is 6.03. The van der Waals surface area contributed by atoms with E-state index in [4.69, 9.17) is 4.74 Å². The summed E-state index contributed by atoms with van der Waals surface area (Å²) >= 11 is 0. The Balaban J connectivity index is 1.87. The van der Waals surface area contributed by atoms with Crippen LogP contribution in [0.4, 0.5) is 36.3 Å². The molecule has 0 amide bonds. The van der Waals surface area contributed by atoms with Crippen molar-refractivity contribution in [3.63, 3.8) is 0 Å². The number of alkyl halides is 3. The molecule has 0 bridgehead atoms. The molecule has 5 nitrogen and oxygen atoms in total. The Hall–Kier alpha value is -3.29. The summed E-state index contributed by atoms with van der Waals surface area (Å²) in [7, 11) is 0. The van der Waals surface area contributed by atoms with Gasteiger partial charge in [0.15, 0.2) is 0 Å². The number of nitrogens with one attached hydrogen (secondary N) is 2. The molecule has 3 aromatic rings. The number of hydrogen-bond acceptors (Lipinski definition) is 5. The van der Waals surface area contributed by atoms with Crippen LogP contribution in [0.3, 0.4) is 0 Å². The molecule has 3 rings (SSSR count). The molecule has 8 heteroatoms. The Bertz CT molecular complexity index is 926. The highest BCUT2D eigenvalue weighted by Gasteiger charge is 2.35. The lowest BCUT2D eigenvalue weighted by Crippen LogP contribution is -2.12. The molecular formula is C20H19F3N4O. The van der Waals surface area contributed by atoms with E-state index in [1.807, 2.05) is 13.8 Å². The molecule has 2 aromatic carbocycles. The summed E-state index contributed by atoms with van der Waals surface area (Å²) in [5, 5.41) is 5.63. The average molecular weight is 388 g/mol. The first-order chi connectivity index (χ1) is 13.3. The standard InChI is InChI=1S/C20H19F3N4O/c1-3-28-16-10-8-15(9-11-16)26-19-24-12-17(20(21,22)23)18(27-19)25-14-6-4-13(2)5-7-14/h4-12H,3H2,1-2H3,(H2,24,25,26,27). The number of ether oxygens (including phenoxy) is 1. The third kappa shape index (κ3) is 4.91. The molecule has 0 aliphatic rings. The van der Waals surface area contributed by atoms with Crippen molar-refractivity contribution >= 4 is 23.1 Å². The van der Waals surface area contributed by atoms with Gasteiger partial charge in [0.25, 0.3) is 0 Å². The van der Waals surface area contributed by atoms with Crippen molar-refractivity contribution < 1.29 is 17.9 Å². The van der Waals surface area contributed by atoms with Crippen LogP contribution in [0.5, 0.6) is 5.75 Å². The van der Waals surface area contributed by atoms with Gasteiger partial charge in [-0.15, -0.1) is 0 Å². The number of anilines is 4. The molecule has 0 atom stereocenters. The van der Waals surface area contributed by atoms with Crippen molar-refractivity contribution in [2.75, 3.05) is 17.2 Å². The minimum absolute atomic E-state index is 0.0479. The summed E-state index contributed by atoms with van der Waals surface area (Å²) in [4.78, 5) is 7.83. The van der Waals surface area contributed by atoms with Crippen LogP contribution in [-0.4, -0.2) is 16.6 Å². The molecule has 28 heavy (non-hydrogen) atoms. The van der Waals surface area contributed by atoms with Gasteiger partial charge in [-0.3, -0.25) is 0 Å². The van der Waals surface area contributed by atoms with Crippen LogP contribution < -0.4 is 15.4 Å². The van der Waals surface area contributed by atoms with E-state index in [0.29, 0.717) is 23.7 Å². The lowest BCUT2D eigenvalue weighted by Gasteiger charge is -2.15. The van der Waals surface area contributed by atoms with E-state index in [0.717, 1.165) is 11.8 Å². The monoisotopic (exact) mass is 388 g/mol. The minimum Gasteiger partial charge on any atom is -0.494 e. The number of rotatable bonds is 6. The van der Waals surface area contributed by atoms with E-state index >= 15 is 0 Å². The van der Waals surface area contributed by atoms with E-state index in [9.17, 15) is 13.2 Å². The average Bonchev–Trinajstić information content (AvgIpc) is 2.65. The zero-order valence-electron chi connectivity index (χ0n) is 15.3. The maximum absolute atomic E-state index is 13.3. The Labute approximate surface area is 160 Å². The Kier molecular flexibility index (Phi) is 5.67. The molecule has 146 valence electrons. The quantitative estimate of drug-likeness (QED) is 0.568. The zero-order chi connectivity index (χ0) is 20.1. The number of benzene rings is 2.